The van der Waals surface area contributed by atoms with Gasteiger partial charge in [-0.2, -0.15) is 0 Å². The number of hydrogen-bond donors (Lipinski definition) is 0. The molecule has 2 saturated heterocycles. The number of methoxy groups -OCH3 is 1. The lowest BCUT2D eigenvalue weighted by molar-refractivity contribution is 0.00578. The number of rotatable bonds is 4. The van der Waals surface area contributed by atoms with Crippen LogP contribution in [0.25, 0.3) is 0 Å². The maximum Gasteiger partial charge on any atom is 0.495 e. The van der Waals surface area contributed by atoms with Crippen molar-refractivity contribution >= 4 is 25.2 Å². The van der Waals surface area contributed by atoms with Crippen LogP contribution in [0.15, 0.2) is 6.07 Å². The fourth-order valence-corrected chi connectivity index (χ4v) is 4.78. The molecule has 1 aromatic carbocycles. The Morgan fingerprint density at radius 1 is 0.742 bits per heavy atom. The summed E-state index contributed by atoms with van der Waals surface area (Å²) in [6.45, 7) is 17.3. The molecule has 0 saturated carbocycles. The fourth-order valence-electron chi connectivity index (χ4n) is 4.78. The van der Waals surface area contributed by atoms with Crippen molar-refractivity contribution in [3.8, 4) is 0 Å². The summed E-state index contributed by atoms with van der Waals surface area (Å²) in [6, 6.07) is 2.22. The van der Waals surface area contributed by atoms with E-state index in [1.165, 1.54) is 24.0 Å². The highest BCUT2D eigenvalue weighted by Crippen LogP contribution is 2.39. The van der Waals surface area contributed by atoms with Gasteiger partial charge in [-0.05, 0) is 109 Å². The first-order valence-corrected chi connectivity index (χ1v) is 11.7. The minimum Gasteiger partial charge on any atom is -0.399 e. The monoisotopic (exact) mass is 428 g/mol. The molecule has 0 unspecified atom stereocenters. The van der Waals surface area contributed by atoms with Crippen LogP contribution in [0.3, 0.4) is 0 Å². The molecule has 0 spiro atoms. The summed E-state index contributed by atoms with van der Waals surface area (Å²) in [5, 5.41) is 0. The van der Waals surface area contributed by atoms with Gasteiger partial charge < -0.3 is 23.4 Å². The normalized spacial score (nSPS) is 25.7. The molecule has 4 rings (SSSR count). The first-order chi connectivity index (χ1) is 14.3. The number of benzene rings is 1. The molecule has 2 aliphatic heterocycles. The number of fused-ring (bicyclic) bond motifs is 1. The summed E-state index contributed by atoms with van der Waals surface area (Å²) in [5.41, 5.74) is 4.57. The van der Waals surface area contributed by atoms with E-state index in [0.29, 0.717) is 6.61 Å². The highest BCUT2D eigenvalue weighted by atomic mass is 16.7. The van der Waals surface area contributed by atoms with Gasteiger partial charge in [0, 0.05) is 7.11 Å². The van der Waals surface area contributed by atoms with Crippen molar-refractivity contribution in [2.24, 2.45) is 0 Å². The van der Waals surface area contributed by atoms with Gasteiger partial charge in [0.25, 0.3) is 0 Å². The molecule has 0 bridgehead atoms. The van der Waals surface area contributed by atoms with Crippen molar-refractivity contribution < 1.29 is 23.4 Å². The van der Waals surface area contributed by atoms with Crippen LogP contribution in [0.1, 0.15) is 84.9 Å². The quantitative estimate of drug-likeness (QED) is 0.689. The van der Waals surface area contributed by atoms with E-state index in [4.69, 9.17) is 23.4 Å². The van der Waals surface area contributed by atoms with Crippen LogP contribution in [0, 0.1) is 0 Å². The van der Waals surface area contributed by atoms with Gasteiger partial charge in [-0.25, -0.2) is 0 Å². The van der Waals surface area contributed by atoms with E-state index >= 15 is 0 Å². The van der Waals surface area contributed by atoms with Gasteiger partial charge in [0.15, 0.2) is 0 Å². The molecule has 0 radical (unpaired) electrons. The highest BCUT2D eigenvalue weighted by molar-refractivity contribution is 6.65. The minimum absolute atomic E-state index is 0.370. The Morgan fingerprint density at radius 2 is 1.19 bits per heavy atom. The van der Waals surface area contributed by atoms with Crippen molar-refractivity contribution in [2.45, 2.75) is 110 Å². The average molecular weight is 428 g/mol. The molecule has 3 aliphatic rings. The van der Waals surface area contributed by atoms with E-state index in [-0.39, 0.29) is 29.5 Å². The summed E-state index contributed by atoms with van der Waals surface area (Å²) >= 11 is 0. The molecule has 7 heteroatoms. The zero-order valence-corrected chi connectivity index (χ0v) is 20.8. The molecular weight excluding hydrogens is 390 g/mol. The summed E-state index contributed by atoms with van der Waals surface area (Å²) in [7, 11) is 0.969. The molecule has 0 amide bonds. The van der Waals surface area contributed by atoms with Crippen LogP contribution >= 0.6 is 0 Å². The van der Waals surface area contributed by atoms with Gasteiger partial charge in [-0.1, -0.05) is 6.07 Å². The van der Waals surface area contributed by atoms with Crippen molar-refractivity contribution in [3.05, 3.63) is 22.8 Å². The first kappa shape index (κ1) is 23.3. The summed E-state index contributed by atoms with van der Waals surface area (Å²) in [5.74, 6) is 0. The van der Waals surface area contributed by atoms with E-state index in [0.717, 1.165) is 29.3 Å². The van der Waals surface area contributed by atoms with E-state index in [2.05, 4.69) is 61.5 Å². The predicted molar refractivity (Wildman–Crippen MR) is 125 cm³/mol. The molecule has 0 aromatic heterocycles. The third kappa shape index (κ3) is 3.80. The zero-order valence-electron chi connectivity index (χ0n) is 20.8. The Morgan fingerprint density at radius 3 is 1.68 bits per heavy atom. The molecule has 0 N–H and O–H groups in total. The Labute approximate surface area is 188 Å². The van der Waals surface area contributed by atoms with Crippen LogP contribution in [0.4, 0.5) is 0 Å². The van der Waals surface area contributed by atoms with Gasteiger partial charge >= 0.3 is 14.2 Å². The summed E-state index contributed by atoms with van der Waals surface area (Å²) < 4.78 is 31.5. The largest absolute Gasteiger partial charge is 0.495 e. The third-order valence-corrected chi connectivity index (χ3v) is 8.11. The van der Waals surface area contributed by atoms with Crippen molar-refractivity contribution in [1.82, 2.24) is 0 Å². The Bertz CT molecular complexity index is 830. The molecule has 5 nitrogen and oxygen atoms in total. The van der Waals surface area contributed by atoms with E-state index in [1.54, 1.807) is 7.11 Å². The lowest BCUT2D eigenvalue weighted by Gasteiger charge is -2.32. The topological polar surface area (TPSA) is 46.2 Å². The predicted octanol–water partition coefficient (Wildman–Crippen LogP) is 3.31. The van der Waals surface area contributed by atoms with Gasteiger partial charge in [0.05, 0.1) is 29.0 Å². The first-order valence-electron chi connectivity index (χ1n) is 11.7. The lowest BCUT2D eigenvalue weighted by Crippen LogP contribution is -2.46. The Balaban J connectivity index is 1.83. The van der Waals surface area contributed by atoms with Crippen molar-refractivity contribution in [3.63, 3.8) is 0 Å². The lowest BCUT2D eigenvalue weighted by atomic mass is 9.63. The Kier molecular flexibility index (Phi) is 5.71. The maximum atomic E-state index is 6.49. The second-order valence-electron chi connectivity index (χ2n) is 11.3. The second-order valence-corrected chi connectivity index (χ2v) is 11.3. The van der Waals surface area contributed by atoms with E-state index in [9.17, 15) is 0 Å². The molecule has 2 heterocycles. The van der Waals surface area contributed by atoms with Gasteiger partial charge in [0.2, 0.25) is 0 Å². The van der Waals surface area contributed by atoms with E-state index < -0.39 is 7.12 Å². The van der Waals surface area contributed by atoms with Crippen LogP contribution in [0.2, 0.25) is 0 Å². The van der Waals surface area contributed by atoms with Gasteiger partial charge in [-0.3, -0.25) is 0 Å². The molecule has 0 atom stereocenters. The summed E-state index contributed by atoms with van der Waals surface area (Å²) in [6.07, 6.45) is 4.37. The van der Waals surface area contributed by atoms with Crippen LogP contribution in [-0.4, -0.2) is 43.8 Å². The van der Waals surface area contributed by atoms with Crippen molar-refractivity contribution in [2.75, 3.05) is 7.11 Å². The number of hydrogen-bond acceptors (Lipinski definition) is 5. The molecule has 2 fully saturated rings. The molecule has 1 aromatic rings. The SMILES string of the molecule is COCc1cc(B2OC(C)(C)C(C)(C)O2)c2c(c1B1OC(C)(C)C(C)(C)O1)CCCC2. The van der Waals surface area contributed by atoms with Crippen LogP contribution in [-0.2, 0) is 42.8 Å². The Hall–Kier alpha value is -0.850. The van der Waals surface area contributed by atoms with Crippen LogP contribution in [0.5, 0.6) is 0 Å². The molecule has 31 heavy (non-hydrogen) atoms. The van der Waals surface area contributed by atoms with Crippen LogP contribution < -0.4 is 10.9 Å². The molecular formula is C24H38B2O5. The highest BCUT2D eigenvalue weighted by Gasteiger charge is 2.55. The fraction of sp³-hybridized carbons (Fsp3) is 0.750. The molecule has 1 aliphatic carbocycles. The minimum atomic E-state index is -0.394. The van der Waals surface area contributed by atoms with Gasteiger partial charge in [-0.15, -0.1) is 0 Å². The number of ether oxygens (including phenoxy) is 1. The van der Waals surface area contributed by atoms with E-state index in [1.807, 2.05) is 0 Å². The third-order valence-electron chi connectivity index (χ3n) is 8.11. The van der Waals surface area contributed by atoms with Crippen molar-refractivity contribution in [1.29, 1.82) is 0 Å². The second kappa shape index (κ2) is 7.59. The summed E-state index contributed by atoms with van der Waals surface area (Å²) in [4.78, 5) is 0. The standard InChI is InChI=1S/C24H38B2O5/c1-21(2)22(3,4)29-25(28-21)19-14-16(15-27-9)20(18-13-11-10-12-17(18)19)26-30-23(5,6)24(7,8)31-26/h14H,10-13,15H2,1-9H3. The molecule has 170 valence electrons. The average Bonchev–Trinajstić information content (AvgIpc) is 3.00. The zero-order chi connectivity index (χ0) is 22.8. The maximum absolute atomic E-state index is 6.49. The van der Waals surface area contributed by atoms with Gasteiger partial charge in [0.1, 0.15) is 0 Å². The smallest absolute Gasteiger partial charge is 0.399 e.